The maximum Gasteiger partial charge on any atom is 0.223 e. The van der Waals surface area contributed by atoms with Gasteiger partial charge in [-0.05, 0) is 58.8 Å². The fourth-order valence-corrected chi connectivity index (χ4v) is 3.74. The van der Waals surface area contributed by atoms with Gasteiger partial charge in [0, 0.05) is 30.6 Å². The predicted molar refractivity (Wildman–Crippen MR) is 115 cm³/mol. The number of nitrogens with zero attached hydrogens (tertiary/aromatic N) is 1. The van der Waals surface area contributed by atoms with Gasteiger partial charge in [-0.1, -0.05) is 19.8 Å². The monoisotopic (exact) mass is 464 g/mol. The Labute approximate surface area is 170 Å². The molecule has 5 nitrogen and oxygen atoms in total. The highest BCUT2D eigenvalue weighted by atomic mass is 127. The van der Waals surface area contributed by atoms with Crippen LogP contribution in [0.1, 0.15) is 72.6 Å². The summed E-state index contributed by atoms with van der Waals surface area (Å²) in [5, 5.41) is 10.2. The Morgan fingerprint density at radius 1 is 1.16 bits per heavy atom. The predicted octanol–water partition coefficient (Wildman–Crippen LogP) is 3.43. The van der Waals surface area contributed by atoms with Gasteiger partial charge in [-0.15, -0.1) is 24.0 Å². The summed E-state index contributed by atoms with van der Waals surface area (Å²) >= 11 is 0. The topological polar surface area (TPSA) is 65.5 Å². The highest BCUT2D eigenvalue weighted by molar-refractivity contribution is 14.0. The summed E-state index contributed by atoms with van der Waals surface area (Å²) in [7, 11) is 0. The summed E-state index contributed by atoms with van der Waals surface area (Å²) in [6.45, 7) is 9.15. The van der Waals surface area contributed by atoms with E-state index in [1.165, 1.54) is 19.3 Å². The number of aliphatic imine (C=N–C) groups is 1. The van der Waals surface area contributed by atoms with Crippen LogP contribution in [0.4, 0.5) is 0 Å². The van der Waals surface area contributed by atoms with Crippen molar-refractivity contribution < 1.29 is 4.79 Å². The molecule has 4 atom stereocenters. The van der Waals surface area contributed by atoms with Crippen molar-refractivity contribution in [1.29, 1.82) is 0 Å². The second kappa shape index (κ2) is 11.2. The van der Waals surface area contributed by atoms with E-state index in [1.807, 2.05) is 13.8 Å². The van der Waals surface area contributed by atoms with E-state index in [-0.39, 0.29) is 41.8 Å². The first-order valence-corrected chi connectivity index (χ1v) is 9.91. The Hall–Kier alpha value is -0.530. The maximum absolute atomic E-state index is 12.3. The van der Waals surface area contributed by atoms with Crippen LogP contribution >= 0.6 is 24.0 Å². The van der Waals surface area contributed by atoms with Crippen molar-refractivity contribution in [2.45, 2.75) is 90.8 Å². The lowest BCUT2D eigenvalue weighted by atomic mass is 9.85. The van der Waals surface area contributed by atoms with Gasteiger partial charge in [-0.2, -0.15) is 0 Å². The van der Waals surface area contributed by atoms with Gasteiger partial charge in [0.05, 0.1) is 0 Å². The second-order valence-electron chi connectivity index (χ2n) is 7.73. The van der Waals surface area contributed by atoms with Crippen molar-refractivity contribution in [3.8, 4) is 0 Å². The fraction of sp³-hybridized carbons (Fsp3) is 0.895. The molecule has 0 spiro atoms. The van der Waals surface area contributed by atoms with Crippen LogP contribution in [0.5, 0.6) is 0 Å². The summed E-state index contributed by atoms with van der Waals surface area (Å²) in [5.41, 5.74) is 0. The third-order valence-electron chi connectivity index (χ3n) is 5.04. The first-order valence-electron chi connectivity index (χ1n) is 9.91. The van der Waals surface area contributed by atoms with Gasteiger partial charge in [-0.3, -0.25) is 9.79 Å². The number of carbonyl (C=O) groups is 1. The molecular formula is C19H37IN4O. The first kappa shape index (κ1) is 22.5. The van der Waals surface area contributed by atoms with Gasteiger partial charge in [0.1, 0.15) is 0 Å². The molecule has 3 N–H and O–H groups in total. The van der Waals surface area contributed by atoms with Crippen LogP contribution in [0.25, 0.3) is 0 Å². The number of amides is 1. The number of hydrogen-bond acceptors (Lipinski definition) is 2. The third-order valence-corrected chi connectivity index (χ3v) is 5.04. The van der Waals surface area contributed by atoms with E-state index in [0.29, 0.717) is 12.1 Å². The quantitative estimate of drug-likeness (QED) is 0.307. The van der Waals surface area contributed by atoms with E-state index in [9.17, 15) is 4.79 Å². The van der Waals surface area contributed by atoms with Gasteiger partial charge in [0.2, 0.25) is 5.91 Å². The molecule has 0 radical (unpaired) electrons. The minimum Gasteiger partial charge on any atom is -0.354 e. The Morgan fingerprint density at radius 3 is 2.56 bits per heavy atom. The number of halogens is 1. The molecule has 0 heterocycles. The normalized spacial score (nSPS) is 28.9. The molecule has 0 aromatic heterocycles. The Kier molecular flexibility index (Phi) is 10.1. The molecule has 1 amide bonds. The summed E-state index contributed by atoms with van der Waals surface area (Å²) in [4.78, 5) is 16.9. The van der Waals surface area contributed by atoms with Crippen molar-refractivity contribution in [3.05, 3.63) is 0 Å². The molecule has 2 aliphatic carbocycles. The number of hydrogen-bond donors (Lipinski definition) is 3. The third kappa shape index (κ3) is 7.71. The molecule has 2 aliphatic rings. The Balaban J connectivity index is 0.00000312. The molecule has 4 unspecified atom stereocenters. The second-order valence-corrected chi connectivity index (χ2v) is 7.73. The van der Waals surface area contributed by atoms with E-state index >= 15 is 0 Å². The summed E-state index contributed by atoms with van der Waals surface area (Å²) in [6, 6.07) is 1.16. The number of carbonyl (C=O) groups excluding carboxylic acids is 1. The molecule has 0 aromatic rings. The van der Waals surface area contributed by atoms with Crippen LogP contribution < -0.4 is 16.0 Å². The molecule has 2 rings (SSSR count). The first-order chi connectivity index (χ1) is 11.5. The molecule has 146 valence electrons. The molecule has 0 saturated heterocycles. The smallest absolute Gasteiger partial charge is 0.223 e. The lowest BCUT2D eigenvalue weighted by Gasteiger charge is -2.30. The highest BCUT2D eigenvalue weighted by Crippen LogP contribution is 2.34. The van der Waals surface area contributed by atoms with Crippen LogP contribution in [-0.4, -0.2) is 36.5 Å². The zero-order chi connectivity index (χ0) is 17.5. The lowest BCUT2D eigenvalue weighted by Crippen LogP contribution is -2.48. The molecule has 0 bridgehead atoms. The molecular weight excluding hydrogens is 427 g/mol. The van der Waals surface area contributed by atoms with Crippen molar-refractivity contribution in [2.75, 3.05) is 6.54 Å². The summed E-state index contributed by atoms with van der Waals surface area (Å²) < 4.78 is 0. The van der Waals surface area contributed by atoms with Gasteiger partial charge >= 0.3 is 0 Å². The maximum atomic E-state index is 12.3. The van der Waals surface area contributed by atoms with Gasteiger partial charge in [0.25, 0.3) is 0 Å². The van der Waals surface area contributed by atoms with Gasteiger partial charge in [0.15, 0.2) is 5.96 Å². The van der Waals surface area contributed by atoms with Crippen molar-refractivity contribution in [1.82, 2.24) is 16.0 Å². The van der Waals surface area contributed by atoms with Gasteiger partial charge < -0.3 is 16.0 Å². The average Bonchev–Trinajstić information content (AvgIpc) is 3.25. The van der Waals surface area contributed by atoms with Crippen molar-refractivity contribution >= 4 is 35.8 Å². The summed E-state index contributed by atoms with van der Waals surface area (Å²) in [6.07, 6.45) is 7.97. The lowest BCUT2D eigenvalue weighted by molar-refractivity contribution is -0.126. The van der Waals surface area contributed by atoms with Gasteiger partial charge in [-0.25, -0.2) is 0 Å². The minimum absolute atomic E-state index is 0. The van der Waals surface area contributed by atoms with Crippen LogP contribution in [0, 0.1) is 11.8 Å². The summed E-state index contributed by atoms with van der Waals surface area (Å²) in [5.74, 6) is 2.10. The van der Waals surface area contributed by atoms with E-state index in [1.54, 1.807) is 0 Å². The molecule has 6 heteroatoms. The number of rotatable bonds is 7. The van der Waals surface area contributed by atoms with Crippen LogP contribution in [0.15, 0.2) is 4.99 Å². The van der Waals surface area contributed by atoms with Crippen molar-refractivity contribution in [3.63, 3.8) is 0 Å². The SMILES string of the molecule is CCCC1CC1NC(=NCC)NC1CCCC(C(=O)NC(C)C)C1.I. The fourth-order valence-electron chi connectivity index (χ4n) is 3.74. The standard InChI is InChI=1S/C19H36N4O.HI/c1-5-8-14-12-17(14)23-19(20-6-2)22-16-10-7-9-15(11-16)18(24)21-13(3)4;/h13-17H,5-12H2,1-4H3,(H,21,24)(H2,20,22,23);1H. The highest BCUT2D eigenvalue weighted by Gasteiger charge is 2.37. The minimum atomic E-state index is 0. The Morgan fingerprint density at radius 2 is 1.92 bits per heavy atom. The largest absolute Gasteiger partial charge is 0.354 e. The van der Waals surface area contributed by atoms with E-state index in [4.69, 9.17) is 0 Å². The van der Waals surface area contributed by atoms with Crippen LogP contribution in [0.3, 0.4) is 0 Å². The van der Waals surface area contributed by atoms with E-state index < -0.39 is 0 Å². The van der Waals surface area contributed by atoms with Crippen LogP contribution in [0.2, 0.25) is 0 Å². The number of guanidine groups is 1. The van der Waals surface area contributed by atoms with Crippen LogP contribution in [-0.2, 0) is 4.79 Å². The molecule has 2 saturated carbocycles. The Bertz CT molecular complexity index is 441. The molecule has 0 aromatic carbocycles. The molecule has 0 aliphatic heterocycles. The van der Waals surface area contributed by atoms with Crippen molar-refractivity contribution in [2.24, 2.45) is 16.8 Å². The van der Waals surface area contributed by atoms with E-state index in [0.717, 1.165) is 44.1 Å². The van der Waals surface area contributed by atoms with E-state index in [2.05, 4.69) is 34.8 Å². The average molecular weight is 464 g/mol. The zero-order valence-electron chi connectivity index (χ0n) is 16.3. The number of nitrogens with one attached hydrogen (secondary N) is 3. The zero-order valence-corrected chi connectivity index (χ0v) is 18.6. The molecule has 25 heavy (non-hydrogen) atoms. The molecule has 2 fully saturated rings.